The van der Waals surface area contributed by atoms with E-state index in [2.05, 4.69) is 192 Å². The molecule has 3 saturated heterocycles. The molecule has 6 rings (SSSR count). The number of hydrogen-bond acceptors (Lipinski definition) is 9. The highest BCUT2D eigenvalue weighted by Crippen LogP contribution is 2.55. The minimum atomic E-state index is -1.76. The van der Waals surface area contributed by atoms with E-state index in [-0.39, 0.29) is 69.9 Å². The third-order valence-corrected chi connectivity index (χ3v) is 14.4. The fraction of sp³-hybridized carbons (Fsp3) is 0.647. The molecular weight excluding hydrogens is 782 g/mol. The molecule has 3 aromatic carbocycles. The maximum Gasteiger partial charge on any atom is 0.333 e. The molecule has 0 aliphatic carbocycles. The highest BCUT2D eigenvalue weighted by Gasteiger charge is 2.53. The van der Waals surface area contributed by atoms with Gasteiger partial charge in [-0.25, -0.2) is 0 Å². The van der Waals surface area contributed by atoms with Crippen molar-refractivity contribution in [2.75, 3.05) is 0 Å². The van der Waals surface area contributed by atoms with E-state index in [4.69, 9.17) is 28.1 Å². The molecule has 0 saturated carbocycles. The summed E-state index contributed by atoms with van der Waals surface area (Å²) in [5.74, 6) is 0. The van der Waals surface area contributed by atoms with E-state index in [1.807, 2.05) is 18.2 Å². The number of nitrogens with zero attached hydrogens (tertiary/aromatic N) is 3. The third kappa shape index (κ3) is 11.7. The van der Waals surface area contributed by atoms with Crippen LogP contribution in [0.15, 0.2) is 91.0 Å². The third-order valence-electron chi connectivity index (χ3n) is 13.0. The van der Waals surface area contributed by atoms with E-state index in [1.165, 1.54) is 0 Å². The maximum atomic E-state index is 7.23. The molecule has 0 bridgehead atoms. The Kier molecular flexibility index (Phi) is 14.8. The SMILES string of the molecule is CC(ON1C(C)(C)CC(OP(OC2CC(C)(C)N(OC(C)c3ccccc3)C(C)(C)C2)OC2CC(C)(C)N(OC(C)c3ccccc3)C(C)(C)C2)CC1(C)C)c1ccccc1. The van der Waals surface area contributed by atoms with Gasteiger partial charge in [0.05, 0.1) is 18.3 Å². The van der Waals surface area contributed by atoms with Gasteiger partial charge in [-0.2, -0.15) is 15.2 Å². The van der Waals surface area contributed by atoms with Crippen LogP contribution in [-0.2, 0) is 28.1 Å². The van der Waals surface area contributed by atoms with Crippen LogP contribution in [0.5, 0.6) is 0 Å². The van der Waals surface area contributed by atoms with E-state index in [9.17, 15) is 0 Å². The predicted octanol–water partition coefficient (Wildman–Crippen LogP) is 13.4. The van der Waals surface area contributed by atoms with Crippen LogP contribution in [0.2, 0.25) is 0 Å². The van der Waals surface area contributed by atoms with Crippen LogP contribution < -0.4 is 0 Å². The molecule has 3 aromatic rings. The molecule has 0 aromatic heterocycles. The lowest BCUT2D eigenvalue weighted by Gasteiger charge is -2.56. The second-order valence-electron chi connectivity index (χ2n) is 21.9. The molecule has 3 atom stereocenters. The summed E-state index contributed by atoms with van der Waals surface area (Å²) < 4.78 is 21.7. The van der Waals surface area contributed by atoms with Crippen LogP contribution in [0.1, 0.15) is 177 Å². The summed E-state index contributed by atoms with van der Waals surface area (Å²) in [5, 5.41) is 6.65. The largest absolute Gasteiger partial charge is 0.333 e. The summed E-state index contributed by atoms with van der Waals surface area (Å²) in [6, 6.07) is 31.4. The number of piperidine rings is 3. The van der Waals surface area contributed by atoms with Crippen molar-refractivity contribution >= 4 is 8.60 Å². The molecule has 3 aliphatic heterocycles. The van der Waals surface area contributed by atoms with Crippen molar-refractivity contribution in [2.45, 2.75) is 212 Å². The lowest BCUT2D eigenvalue weighted by Crippen LogP contribution is -2.62. The van der Waals surface area contributed by atoms with Crippen molar-refractivity contribution in [3.8, 4) is 0 Å². The van der Waals surface area contributed by atoms with Crippen molar-refractivity contribution in [2.24, 2.45) is 0 Å². The summed E-state index contributed by atoms with van der Waals surface area (Å²) in [6.45, 7) is 33.6. The number of hydrogen-bond donors (Lipinski definition) is 0. The first-order valence-corrected chi connectivity index (χ1v) is 23.8. The van der Waals surface area contributed by atoms with Gasteiger partial charge in [0.1, 0.15) is 18.3 Å². The molecule has 3 unspecified atom stereocenters. The molecule has 3 heterocycles. The highest BCUT2D eigenvalue weighted by atomic mass is 31.2. The predicted molar refractivity (Wildman–Crippen MR) is 247 cm³/mol. The Labute approximate surface area is 370 Å². The average molecular weight is 860 g/mol. The van der Waals surface area contributed by atoms with Gasteiger partial charge in [-0.15, -0.1) is 0 Å². The van der Waals surface area contributed by atoms with Gasteiger partial charge < -0.3 is 13.6 Å². The zero-order chi connectivity index (χ0) is 44.6. The summed E-state index contributed by atoms with van der Waals surface area (Å²) in [5.41, 5.74) is 1.56. The van der Waals surface area contributed by atoms with Crippen molar-refractivity contribution in [3.05, 3.63) is 108 Å². The minimum absolute atomic E-state index is 0.0875. The fourth-order valence-corrected chi connectivity index (χ4v) is 12.2. The van der Waals surface area contributed by atoms with Crippen molar-refractivity contribution in [3.63, 3.8) is 0 Å². The topological polar surface area (TPSA) is 65.1 Å². The Morgan fingerprint density at radius 3 is 0.770 bits per heavy atom. The van der Waals surface area contributed by atoms with Gasteiger partial charge in [0, 0.05) is 33.2 Å². The molecular formula is C51H78N3O6P. The summed E-state index contributed by atoms with van der Waals surface area (Å²) in [4.78, 5) is 20.4. The fourth-order valence-electron chi connectivity index (χ4n) is 10.9. The van der Waals surface area contributed by atoms with Crippen LogP contribution in [-0.4, -0.2) is 66.7 Å². The Morgan fingerprint density at radius 1 is 0.377 bits per heavy atom. The van der Waals surface area contributed by atoms with Crippen LogP contribution in [0.4, 0.5) is 0 Å². The van der Waals surface area contributed by atoms with Crippen molar-refractivity contribution < 1.29 is 28.1 Å². The molecule has 0 spiro atoms. The Hall–Kier alpha value is -2.27. The number of benzene rings is 3. The highest BCUT2D eigenvalue weighted by molar-refractivity contribution is 7.41. The first-order chi connectivity index (χ1) is 28.4. The van der Waals surface area contributed by atoms with Gasteiger partial charge in [-0.3, -0.25) is 14.5 Å². The van der Waals surface area contributed by atoms with Gasteiger partial charge in [-0.05, 0) is 159 Å². The normalized spacial score (nSPS) is 25.4. The van der Waals surface area contributed by atoms with Crippen LogP contribution in [0, 0.1) is 0 Å². The van der Waals surface area contributed by atoms with E-state index >= 15 is 0 Å². The monoisotopic (exact) mass is 860 g/mol. The lowest BCUT2D eigenvalue weighted by molar-refractivity contribution is -0.316. The van der Waals surface area contributed by atoms with E-state index in [0.717, 1.165) is 55.2 Å². The Balaban J connectivity index is 1.22. The molecule has 10 heteroatoms. The molecule has 0 N–H and O–H groups in total. The Morgan fingerprint density at radius 2 is 0.574 bits per heavy atom. The second-order valence-corrected chi connectivity index (χ2v) is 22.9. The molecule has 9 nitrogen and oxygen atoms in total. The van der Waals surface area contributed by atoms with Crippen LogP contribution in [0.25, 0.3) is 0 Å². The van der Waals surface area contributed by atoms with Crippen LogP contribution in [0.3, 0.4) is 0 Å². The standard InChI is InChI=1S/C51H78N3O6P/c1-37(40-25-19-16-20-26-40)55-52-46(4,5)31-43(32-47(52,6)7)58-61(59-44-33-48(8,9)53(49(10,11)34-44)56-38(2)41-27-21-17-22-28-41)60-45-35-50(12,13)54(51(14,15)36-45)57-39(3)42-29-23-18-24-30-42/h16-30,37-39,43-45H,31-36H2,1-15H3. The second kappa shape index (κ2) is 18.7. The number of rotatable bonds is 15. The average Bonchev–Trinajstić information content (AvgIpc) is 3.16. The lowest BCUT2D eigenvalue weighted by atomic mass is 9.80. The smallest absolute Gasteiger partial charge is 0.309 e. The summed E-state index contributed by atoms with van der Waals surface area (Å²) in [7, 11) is -1.76. The van der Waals surface area contributed by atoms with Crippen molar-refractivity contribution in [1.29, 1.82) is 0 Å². The molecule has 3 aliphatic rings. The van der Waals surface area contributed by atoms with Gasteiger partial charge in [0.25, 0.3) is 0 Å². The molecule has 338 valence electrons. The van der Waals surface area contributed by atoms with Gasteiger partial charge in [0.2, 0.25) is 0 Å². The van der Waals surface area contributed by atoms with Crippen molar-refractivity contribution in [1.82, 2.24) is 15.2 Å². The molecule has 61 heavy (non-hydrogen) atoms. The summed E-state index contributed by atoms with van der Waals surface area (Å²) in [6.07, 6.45) is 4.04. The van der Waals surface area contributed by atoms with Gasteiger partial charge in [0.15, 0.2) is 0 Å². The zero-order valence-electron chi connectivity index (χ0n) is 40.1. The number of hydroxylamine groups is 6. The van der Waals surface area contributed by atoms with E-state index in [1.54, 1.807) is 0 Å². The molecule has 3 fully saturated rings. The first-order valence-electron chi connectivity index (χ1n) is 22.8. The zero-order valence-corrected chi connectivity index (χ0v) is 41.0. The maximum absolute atomic E-state index is 7.23. The van der Waals surface area contributed by atoms with E-state index in [0.29, 0.717) is 0 Å². The quantitative estimate of drug-likeness (QED) is 0.139. The molecule has 0 radical (unpaired) electrons. The van der Waals surface area contributed by atoms with Gasteiger partial charge >= 0.3 is 8.60 Å². The minimum Gasteiger partial charge on any atom is -0.309 e. The first kappa shape index (κ1) is 48.2. The van der Waals surface area contributed by atoms with E-state index < -0.39 is 8.60 Å². The molecule has 0 amide bonds. The van der Waals surface area contributed by atoms with Crippen LogP contribution >= 0.6 is 8.60 Å². The summed E-state index contributed by atoms with van der Waals surface area (Å²) >= 11 is 0. The Bertz CT molecular complexity index is 1570. The van der Waals surface area contributed by atoms with Gasteiger partial charge in [-0.1, -0.05) is 91.0 Å².